The summed E-state index contributed by atoms with van der Waals surface area (Å²) in [6.45, 7) is 2.44. The van der Waals surface area contributed by atoms with Crippen LogP contribution in [0.4, 0.5) is 5.13 Å². The number of rotatable bonds is 5. The van der Waals surface area contributed by atoms with Gasteiger partial charge in [-0.05, 0) is 19.3 Å². The van der Waals surface area contributed by atoms with E-state index in [1.54, 1.807) is 0 Å². The van der Waals surface area contributed by atoms with Gasteiger partial charge in [-0.2, -0.15) is 4.31 Å². The summed E-state index contributed by atoms with van der Waals surface area (Å²) in [4.78, 5) is 12.3. The van der Waals surface area contributed by atoms with Crippen molar-refractivity contribution in [3.8, 4) is 0 Å². The molecule has 0 spiro atoms. The minimum atomic E-state index is -3.38. The van der Waals surface area contributed by atoms with Crippen LogP contribution in [0.2, 0.25) is 0 Å². The highest BCUT2D eigenvalue weighted by atomic mass is 32.2. The number of sulfonamides is 1. The van der Waals surface area contributed by atoms with E-state index >= 15 is 0 Å². The quantitative estimate of drug-likeness (QED) is 0.876. The first-order chi connectivity index (χ1) is 9.91. The number of piperidine rings is 1. The molecule has 1 N–H and O–H groups in total. The van der Waals surface area contributed by atoms with Gasteiger partial charge in [-0.25, -0.2) is 8.42 Å². The summed E-state index contributed by atoms with van der Waals surface area (Å²) >= 11 is 1.34. The minimum absolute atomic E-state index is 0.320. The standard InChI is InChI=1S/C12H20N4O3S2/c1-3-6-10-14-15-12(20-10)13-11(17)9-7-4-5-8-16(9)21(2,18)19/h9H,3-8H2,1-2H3,(H,13,15,17). The Kier molecular flexibility index (Phi) is 5.28. The Labute approximate surface area is 128 Å². The molecule has 2 heterocycles. The summed E-state index contributed by atoms with van der Waals surface area (Å²) in [5.41, 5.74) is 0. The molecule has 1 saturated heterocycles. The predicted molar refractivity (Wildman–Crippen MR) is 81.7 cm³/mol. The molecule has 1 fully saturated rings. The van der Waals surface area contributed by atoms with Gasteiger partial charge in [-0.15, -0.1) is 10.2 Å². The number of carbonyl (C=O) groups is 1. The van der Waals surface area contributed by atoms with Crippen molar-refractivity contribution in [1.82, 2.24) is 14.5 Å². The third-order valence-corrected chi connectivity index (χ3v) is 5.53. The van der Waals surface area contributed by atoms with Gasteiger partial charge < -0.3 is 0 Å². The zero-order valence-corrected chi connectivity index (χ0v) is 13.8. The Balaban J connectivity index is 2.06. The van der Waals surface area contributed by atoms with Gasteiger partial charge in [0, 0.05) is 13.0 Å². The summed E-state index contributed by atoms with van der Waals surface area (Å²) in [6, 6.07) is -0.646. The number of hydrogen-bond donors (Lipinski definition) is 1. The van der Waals surface area contributed by atoms with Gasteiger partial charge in [-0.3, -0.25) is 10.1 Å². The van der Waals surface area contributed by atoms with Crippen molar-refractivity contribution < 1.29 is 13.2 Å². The molecule has 0 saturated carbocycles. The van der Waals surface area contributed by atoms with E-state index in [-0.39, 0.29) is 5.91 Å². The molecule has 1 amide bonds. The lowest BCUT2D eigenvalue weighted by molar-refractivity contribution is -0.120. The molecule has 2 rings (SSSR count). The second-order valence-corrected chi connectivity index (χ2v) is 8.12. The van der Waals surface area contributed by atoms with Crippen molar-refractivity contribution in [2.24, 2.45) is 0 Å². The van der Waals surface area contributed by atoms with Crippen LogP contribution in [0.25, 0.3) is 0 Å². The molecule has 1 aromatic rings. The van der Waals surface area contributed by atoms with E-state index < -0.39 is 16.1 Å². The minimum Gasteiger partial charge on any atom is -0.299 e. The van der Waals surface area contributed by atoms with Crippen LogP contribution < -0.4 is 5.32 Å². The van der Waals surface area contributed by atoms with Gasteiger partial charge in [0.15, 0.2) is 0 Å². The Morgan fingerprint density at radius 2 is 2.19 bits per heavy atom. The van der Waals surface area contributed by atoms with Crippen LogP contribution in [0.15, 0.2) is 0 Å². The van der Waals surface area contributed by atoms with E-state index in [0.29, 0.717) is 18.1 Å². The number of amides is 1. The van der Waals surface area contributed by atoms with Gasteiger partial charge in [0.25, 0.3) is 0 Å². The number of nitrogens with one attached hydrogen (secondary N) is 1. The Morgan fingerprint density at radius 3 is 2.86 bits per heavy atom. The van der Waals surface area contributed by atoms with Gasteiger partial charge >= 0.3 is 0 Å². The molecule has 0 aliphatic carbocycles. The van der Waals surface area contributed by atoms with Gasteiger partial charge in [0.05, 0.1) is 6.26 Å². The summed E-state index contributed by atoms with van der Waals surface area (Å²) in [5.74, 6) is -0.320. The normalized spacial score (nSPS) is 20.4. The van der Waals surface area contributed by atoms with Gasteiger partial charge in [0.1, 0.15) is 11.0 Å². The molecule has 1 atom stereocenters. The largest absolute Gasteiger partial charge is 0.299 e. The zero-order valence-electron chi connectivity index (χ0n) is 12.2. The van der Waals surface area contributed by atoms with Crippen molar-refractivity contribution in [2.75, 3.05) is 18.1 Å². The van der Waals surface area contributed by atoms with E-state index in [1.165, 1.54) is 15.6 Å². The van der Waals surface area contributed by atoms with Crippen LogP contribution in [0.3, 0.4) is 0 Å². The third-order valence-electron chi connectivity index (χ3n) is 3.34. The first-order valence-corrected chi connectivity index (χ1v) is 9.68. The molecule has 0 aromatic carbocycles. The van der Waals surface area contributed by atoms with Crippen molar-refractivity contribution in [3.63, 3.8) is 0 Å². The molecule has 7 nitrogen and oxygen atoms in total. The monoisotopic (exact) mass is 332 g/mol. The lowest BCUT2D eigenvalue weighted by Gasteiger charge is -2.32. The van der Waals surface area contributed by atoms with Crippen molar-refractivity contribution in [3.05, 3.63) is 5.01 Å². The molecule has 1 unspecified atom stereocenters. The average molecular weight is 332 g/mol. The predicted octanol–water partition coefficient (Wildman–Crippen LogP) is 1.24. The molecule has 1 aliphatic rings. The highest BCUT2D eigenvalue weighted by Crippen LogP contribution is 2.22. The topological polar surface area (TPSA) is 92.3 Å². The van der Waals surface area contributed by atoms with Crippen LogP contribution in [0.1, 0.15) is 37.6 Å². The van der Waals surface area contributed by atoms with E-state index in [4.69, 9.17) is 0 Å². The maximum atomic E-state index is 12.3. The fraction of sp³-hybridized carbons (Fsp3) is 0.750. The number of aromatic nitrogens is 2. The molecular formula is C12H20N4O3S2. The molecule has 0 radical (unpaired) electrons. The summed E-state index contributed by atoms with van der Waals surface area (Å²) in [5, 5.41) is 11.9. The highest BCUT2D eigenvalue weighted by molar-refractivity contribution is 7.88. The van der Waals surface area contributed by atoms with E-state index in [1.807, 2.05) is 6.92 Å². The maximum absolute atomic E-state index is 12.3. The fourth-order valence-corrected chi connectivity index (χ4v) is 4.34. The Hall–Kier alpha value is -1.06. The number of anilines is 1. The number of nitrogens with zero attached hydrogens (tertiary/aromatic N) is 3. The number of carbonyl (C=O) groups excluding carboxylic acids is 1. The number of hydrogen-bond acceptors (Lipinski definition) is 6. The van der Waals surface area contributed by atoms with E-state index in [0.717, 1.165) is 36.9 Å². The molecule has 0 bridgehead atoms. The molecule has 21 heavy (non-hydrogen) atoms. The van der Waals surface area contributed by atoms with E-state index in [2.05, 4.69) is 15.5 Å². The fourth-order valence-electron chi connectivity index (χ4n) is 2.37. The van der Waals surface area contributed by atoms with Crippen LogP contribution in [0, 0.1) is 0 Å². The first-order valence-electron chi connectivity index (χ1n) is 7.02. The van der Waals surface area contributed by atoms with Crippen molar-refractivity contribution in [2.45, 2.75) is 45.1 Å². The SMILES string of the molecule is CCCc1nnc(NC(=O)C2CCCCN2S(C)(=O)=O)s1. The number of aryl methyl sites for hydroxylation is 1. The van der Waals surface area contributed by atoms with Crippen LogP contribution in [-0.2, 0) is 21.2 Å². The van der Waals surface area contributed by atoms with Gasteiger partial charge in [0.2, 0.25) is 21.1 Å². The summed E-state index contributed by atoms with van der Waals surface area (Å²) < 4.78 is 24.8. The van der Waals surface area contributed by atoms with E-state index in [9.17, 15) is 13.2 Å². The van der Waals surface area contributed by atoms with Crippen LogP contribution >= 0.6 is 11.3 Å². The average Bonchev–Trinajstić information content (AvgIpc) is 2.85. The lowest BCUT2D eigenvalue weighted by atomic mass is 10.0. The van der Waals surface area contributed by atoms with Crippen molar-refractivity contribution in [1.29, 1.82) is 0 Å². The molecule has 9 heteroatoms. The first kappa shape index (κ1) is 16.3. The van der Waals surface area contributed by atoms with Crippen LogP contribution in [-0.4, -0.2) is 47.7 Å². The maximum Gasteiger partial charge on any atom is 0.244 e. The second-order valence-electron chi connectivity index (χ2n) is 5.13. The molecule has 1 aromatic heterocycles. The Bertz CT molecular complexity index is 599. The lowest BCUT2D eigenvalue weighted by Crippen LogP contribution is -2.49. The van der Waals surface area contributed by atoms with Crippen LogP contribution in [0.5, 0.6) is 0 Å². The third kappa shape index (κ3) is 4.21. The molecule has 118 valence electrons. The molecule has 1 aliphatic heterocycles. The Morgan fingerprint density at radius 1 is 1.43 bits per heavy atom. The highest BCUT2D eigenvalue weighted by Gasteiger charge is 2.34. The van der Waals surface area contributed by atoms with Gasteiger partial charge in [-0.1, -0.05) is 24.7 Å². The second kappa shape index (κ2) is 6.80. The van der Waals surface area contributed by atoms with Crippen molar-refractivity contribution >= 4 is 32.4 Å². The molecular weight excluding hydrogens is 312 g/mol. The summed E-state index contributed by atoms with van der Waals surface area (Å²) in [7, 11) is -3.38. The summed E-state index contributed by atoms with van der Waals surface area (Å²) in [6.07, 6.45) is 5.11. The zero-order chi connectivity index (χ0) is 15.5. The smallest absolute Gasteiger partial charge is 0.244 e.